The van der Waals surface area contributed by atoms with Gasteiger partial charge in [0, 0.05) is 5.56 Å². The average molecular weight is 252 g/mol. The van der Waals surface area contributed by atoms with E-state index in [4.69, 9.17) is 4.74 Å². The lowest BCUT2D eigenvalue weighted by Crippen LogP contribution is -1.94. The monoisotopic (exact) mass is 252 g/mol. The van der Waals surface area contributed by atoms with Crippen LogP contribution in [-0.2, 0) is 0 Å². The van der Waals surface area contributed by atoms with Crippen molar-refractivity contribution in [3.63, 3.8) is 0 Å². The van der Waals surface area contributed by atoms with Gasteiger partial charge in [0.25, 0.3) is 0 Å². The van der Waals surface area contributed by atoms with Gasteiger partial charge < -0.3 is 4.74 Å². The van der Waals surface area contributed by atoms with E-state index < -0.39 is 0 Å². The molecule has 0 aliphatic heterocycles. The van der Waals surface area contributed by atoms with Crippen molar-refractivity contribution >= 4 is 11.9 Å². The highest BCUT2D eigenvalue weighted by Gasteiger charge is 2.01. The molecule has 2 nitrogen and oxygen atoms in total. The molecular weight excluding hydrogens is 236 g/mol. The predicted octanol–water partition coefficient (Wildman–Crippen LogP) is 3.90. The van der Waals surface area contributed by atoms with Crippen molar-refractivity contribution in [2.24, 2.45) is 0 Å². The largest absolute Gasteiger partial charge is 0.497 e. The molecule has 0 heterocycles. The zero-order chi connectivity index (χ0) is 13.7. The van der Waals surface area contributed by atoms with Gasteiger partial charge >= 0.3 is 0 Å². The molecule has 2 aromatic rings. The summed E-state index contributed by atoms with van der Waals surface area (Å²) in [6.07, 6.45) is 3.42. The summed E-state index contributed by atoms with van der Waals surface area (Å²) in [4.78, 5) is 12.0. The van der Waals surface area contributed by atoms with Gasteiger partial charge in [0.15, 0.2) is 5.78 Å². The Morgan fingerprint density at radius 1 is 1.00 bits per heavy atom. The number of carbonyl (C=O) groups is 1. The first-order valence-electron chi connectivity index (χ1n) is 6.12. The molecule has 0 aliphatic carbocycles. The molecule has 2 rings (SSSR count). The normalized spacial score (nSPS) is 10.6. The van der Waals surface area contributed by atoms with Gasteiger partial charge in [-0.15, -0.1) is 0 Å². The van der Waals surface area contributed by atoms with Crippen LogP contribution in [0, 0.1) is 6.92 Å². The number of ether oxygens (including phenoxy) is 1. The van der Waals surface area contributed by atoms with Crippen LogP contribution in [0.4, 0.5) is 0 Å². The lowest BCUT2D eigenvalue weighted by atomic mass is 10.1. The SMILES string of the molecule is COc1ccc(C(=O)C=Cc2ccc(C)cc2)cc1. The first-order valence-corrected chi connectivity index (χ1v) is 6.12. The number of carbonyl (C=O) groups excluding carboxylic acids is 1. The van der Waals surface area contributed by atoms with Gasteiger partial charge in [-0.3, -0.25) is 4.79 Å². The number of ketones is 1. The van der Waals surface area contributed by atoms with Gasteiger partial charge in [0.05, 0.1) is 7.11 Å². The van der Waals surface area contributed by atoms with Crippen molar-refractivity contribution in [3.8, 4) is 5.75 Å². The zero-order valence-corrected chi connectivity index (χ0v) is 11.1. The number of hydrogen-bond acceptors (Lipinski definition) is 2. The van der Waals surface area contributed by atoms with Gasteiger partial charge in [-0.2, -0.15) is 0 Å². The molecular formula is C17H16O2. The van der Waals surface area contributed by atoms with Crippen molar-refractivity contribution in [3.05, 3.63) is 71.3 Å². The molecule has 0 unspecified atom stereocenters. The molecule has 0 aromatic heterocycles. The lowest BCUT2D eigenvalue weighted by molar-refractivity contribution is 0.104. The fourth-order valence-electron chi connectivity index (χ4n) is 1.70. The summed E-state index contributed by atoms with van der Waals surface area (Å²) < 4.78 is 5.06. The molecule has 0 spiro atoms. The molecule has 0 amide bonds. The Balaban J connectivity index is 2.09. The zero-order valence-electron chi connectivity index (χ0n) is 11.1. The molecule has 19 heavy (non-hydrogen) atoms. The Bertz CT molecular complexity index is 578. The smallest absolute Gasteiger partial charge is 0.185 e. The van der Waals surface area contributed by atoms with Crippen LogP contribution in [0.15, 0.2) is 54.6 Å². The quantitative estimate of drug-likeness (QED) is 0.609. The second-order valence-electron chi connectivity index (χ2n) is 4.34. The Hall–Kier alpha value is -2.35. The maximum absolute atomic E-state index is 12.0. The van der Waals surface area contributed by atoms with Crippen LogP contribution in [0.3, 0.4) is 0 Å². The molecule has 0 saturated carbocycles. The highest BCUT2D eigenvalue weighted by molar-refractivity contribution is 6.06. The van der Waals surface area contributed by atoms with Crippen LogP contribution in [0.1, 0.15) is 21.5 Å². The Morgan fingerprint density at radius 2 is 1.63 bits per heavy atom. The number of hydrogen-bond donors (Lipinski definition) is 0. The van der Waals surface area contributed by atoms with E-state index in [2.05, 4.69) is 0 Å². The van der Waals surface area contributed by atoms with Crippen molar-refractivity contribution in [2.45, 2.75) is 6.92 Å². The van der Waals surface area contributed by atoms with Crippen LogP contribution in [0.5, 0.6) is 5.75 Å². The first-order chi connectivity index (χ1) is 9.19. The number of methoxy groups -OCH3 is 1. The molecule has 0 bridgehead atoms. The summed E-state index contributed by atoms with van der Waals surface area (Å²) >= 11 is 0. The number of benzene rings is 2. The molecule has 0 N–H and O–H groups in total. The number of rotatable bonds is 4. The Kier molecular flexibility index (Phi) is 4.14. The topological polar surface area (TPSA) is 26.3 Å². The minimum absolute atomic E-state index is 0.0109. The summed E-state index contributed by atoms with van der Waals surface area (Å²) in [5.41, 5.74) is 2.88. The third-order valence-electron chi connectivity index (χ3n) is 2.88. The number of allylic oxidation sites excluding steroid dienone is 1. The van der Waals surface area contributed by atoms with E-state index in [0.717, 1.165) is 11.3 Å². The van der Waals surface area contributed by atoms with Crippen LogP contribution in [-0.4, -0.2) is 12.9 Å². The summed E-state index contributed by atoms with van der Waals surface area (Å²) in [5, 5.41) is 0. The maximum atomic E-state index is 12.0. The van der Waals surface area contributed by atoms with Crippen LogP contribution < -0.4 is 4.74 Å². The van der Waals surface area contributed by atoms with Crippen LogP contribution in [0.25, 0.3) is 6.08 Å². The summed E-state index contributed by atoms with van der Waals surface area (Å²) in [5.74, 6) is 0.738. The van der Waals surface area contributed by atoms with Gasteiger partial charge in [-0.05, 0) is 42.8 Å². The van der Waals surface area contributed by atoms with Crippen molar-refractivity contribution in [1.29, 1.82) is 0 Å². The second-order valence-corrected chi connectivity index (χ2v) is 4.34. The number of aryl methyl sites for hydroxylation is 1. The van der Waals surface area contributed by atoms with Gasteiger partial charge in [-0.25, -0.2) is 0 Å². The highest BCUT2D eigenvalue weighted by Crippen LogP contribution is 2.13. The van der Waals surface area contributed by atoms with Crippen LogP contribution in [0.2, 0.25) is 0 Å². The summed E-state index contributed by atoms with van der Waals surface area (Å²) in [6.45, 7) is 2.04. The van der Waals surface area contributed by atoms with E-state index >= 15 is 0 Å². The molecule has 96 valence electrons. The summed E-state index contributed by atoms with van der Waals surface area (Å²) in [7, 11) is 1.61. The third kappa shape index (κ3) is 3.55. The standard InChI is InChI=1S/C17H16O2/c1-13-3-5-14(6-4-13)7-12-17(18)15-8-10-16(19-2)11-9-15/h3-12H,1-2H3. The minimum Gasteiger partial charge on any atom is -0.497 e. The molecule has 0 atom stereocenters. The molecule has 2 aromatic carbocycles. The maximum Gasteiger partial charge on any atom is 0.185 e. The lowest BCUT2D eigenvalue weighted by Gasteiger charge is -2.00. The Labute approximate surface area is 113 Å². The molecule has 0 radical (unpaired) electrons. The molecule has 0 saturated heterocycles. The fourth-order valence-corrected chi connectivity index (χ4v) is 1.70. The van der Waals surface area contributed by atoms with Crippen molar-refractivity contribution in [1.82, 2.24) is 0 Å². The van der Waals surface area contributed by atoms with Crippen molar-refractivity contribution < 1.29 is 9.53 Å². The first kappa shape index (κ1) is 13.1. The second kappa shape index (κ2) is 6.01. The van der Waals surface area contributed by atoms with E-state index in [1.807, 2.05) is 37.3 Å². The van der Waals surface area contributed by atoms with E-state index in [-0.39, 0.29) is 5.78 Å². The van der Waals surface area contributed by atoms with Gasteiger partial charge in [0.1, 0.15) is 5.75 Å². The summed E-state index contributed by atoms with van der Waals surface area (Å²) in [6, 6.07) is 15.1. The van der Waals surface area contributed by atoms with Crippen molar-refractivity contribution in [2.75, 3.05) is 7.11 Å². The van der Waals surface area contributed by atoms with E-state index in [1.165, 1.54) is 5.56 Å². The highest BCUT2D eigenvalue weighted by atomic mass is 16.5. The average Bonchev–Trinajstić information content (AvgIpc) is 2.46. The third-order valence-corrected chi connectivity index (χ3v) is 2.88. The minimum atomic E-state index is -0.0109. The van der Waals surface area contributed by atoms with E-state index in [0.29, 0.717) is 5.56 Å². The van der Waals surface area contributed by atoms with Gasteiger partial charge in [0.2, 0.25) is 0 Å². The molecule has 0 fully saturated rings. The van der Waals surface area contributed by atoms with E-state index in [1.54, 1.807) is 37.5 Å². The van der Waals surface area contributed by atoms with Gasteiger partial charge in [-0.1, -0.05) is 35.9 Å². The Morgan fingerprint density at radius 3 is 2.21 bits per heavy atom. The van der Waals surface area contributed by atoms with E-state index in [9.17, 15) is 4.79 Å². The predicted molar refractivity (Wildman–Crippen MR) is 77.5 cm³/mol. The fraction of sp³-hybridized carbons (Fsp3) is 0.118. The molecule has 2 heteroatoms. The molecule has 0 aliphatic rings. The van der Waals surface area contributed by atoms with Crippen LogP contribution >= 0.6 is 0 Å².